The van der Waals surface area contributed by atoms with Gasteiger partial charge in [-0.25, -0.2) is 4.79 Å². The molecular formula is C29H32ClNO5. The summed E-state index contributed by atoms with van der Waals surface area (Å²) in [5.41, 5.74) is 4.30. The van der Waals surface area contributed by atoms with Crippen LogP contribution in [0.1, 0.15) is 63.0 Å². The SMILES string of the molecule is CC[C@H](C)OC(=O)C1=C(C)NC2=C(C(=O)C[C@H](c3ccc(Cl)cc3)C2)[C@@H]1c1ccc(OC)cc1OC. The average Bonchev–Trinajstić information content (AvgIpc) is 2.87. The Labute approximate surface area is 217 Å². The first kappa shape index (κ1) is 25.8. The topological polar surface area (TPSA) is 73.9 Å². The van der Waals surface area contributed by atoms with Crippen molar-refractivity contribution in [1.82, 2.24) is 5.32 Å². The smallest absolute Gasteiger partial charge is 0.337 e. The Bertz CT molecular complexity index is 1230. The maximum atomic E-state index is 13.8. The van der Waals surface area contributed by atoms with E-state index in [1.54, 1.807) is 20.3 Å². The number of benzene rings is 2. The van der Waals surface area contributed by atoms with Gasteiger partial charge in [0.25, 0.3) is 0 Å². The molecule has 0 amide bonds. The van der Waals surface area contributed by atoms with E-state index < -0.39 is 11.9 Å². The molecule has 7 heteroatoms. The molecule has 190 valence electrons. The van der Waals surface area contributed by atoms with Crippen LogP contribution in [0, 0.1) is 0 Å². The number of halogens is 1. The van der Waals surface area contributed by atoms with Crippen LogP contribution in [0.15, 0.2) is 65.0 Å². The summed E-state index contributed by atoms with van der Waals surface area (Å²) in [6.45, 7) is 5.68. The summed E-state index contributed by atoms with van der Waals surface area (Å²) < 4.78 is 16.8. The fraction of sp³-hybridized carbons (Fsp3) is 0.379. The molecule has 0 bridgehead atoms. The summed E-state index contributed by atoms with van der Waals surface area (Å²) in [4.78, 5) is 27.2. The van der Waals surface area contributed by atoms with Crippen LogP contribution >= 0.6 is 11.6 Å². The van der Waals surface area contributed by atoms with Crippen molar-refractivity contribution in [2.45, 2.75) is 58.0 Å². The highest BCUT2D eigenvalue weighted by Crippen LogP contribution is 2.48. The lowest BCUT2D eigenvalue weighted by Crippen LogP contribution is -2.36. The maximum absolute atomic E-state index is 13.8. The van der Waals surface area contributed by atoms with Gasteiger partial charge in [0.2, 0.25) is 0 Å². The molecule has 2 aromatic carbocycles. The minimum atomic E-state index is -0.614. The van der Waals surface area contributed by atoms with Gasteiger partial charge in [0.05, 0.1) is 31.8 Å². The zero-order valence-electron chi connectivity index (χ0n) is 21.3. The third kappa shape index (κ3) is 5.00. The number of rotatable bonds is 7. The van der Waals surface area contributed by atoms with Crippen LogP contribution in [-0.2, 0) is 14.3 Å². The normalized spacial score (nSPS) is 20.4. The highest BCUT2D eigenvalue weighted by Gasteiger charge is 2.42. The lowest BCUT2D eigenvalue weighted by atomic mass is 9.71. The fourth-order valence-electron chi connectivity index (χ4n) is 4.98. The van der Waals surface area contributed by atoms with Crippen LogP contribution < -0.4 is 14.8 Å². The number of carbonyl (C=O) groups excluding carboxylic acids is 2. The predicted molar refractivity (Wildman–Crippen MR) is 139 cm³/mol. The van der Waals surface area contributed by atoms with E-state index in [1.807, 2.05) is 57.2 Å². The molecule has 1 N–H and O–H groups in total. The molecule has 0 unspecified atom stereocenters. The number of esters is 1. The van der Waals surface area contributed by atoms with Gasteiger partial charge in [0, 0.05) is 40.0 Å². The second-order valence-corrected chi connectivity index (χ2v) is 9.74. The van der Waals surface area contributed by atoms with E-state index in [1.165, 1.54) is 0 Å². The first-order chi connectivity index (χ1) is 17.3. The molecule has 3 atom stereocenters. The van der Waals surface area contributed by atoms with Crippen molar-refractivity contribution < 1.29 is 23.8 Å². The average molecular weight is 510 g/mol. The molecule has 0 spiro atoms. The third-order valence-corrected chi connectivity index (χ3v) is 7.28. The number of hydrogen-bond acceptors (Lipinski definition) is 6. The summed E-state index contributed by atoms with van der Waals surface area (Å²) in [7, 11) is 3.15. The van der Waals surface area contributed by atoms with E-state index >= 15 is 0 Å². The standard InChI is InChI=1S/C29H32ClNO5/c1-6-16(2)36-29(33)26-17(3)31-23-13-19(18-7-9-20(30)10-8-18)14-24(32)28(23)27(26)22-12-11-21(34-4)15-25(22)35-5/h7-12,15-16,19,27,31H,6,13-14H2,1-5H3/t16-,19+,27+/m0/s1. The first-order valence-electron chi connectivity index (χ1n) is 12.2. The zero-order chi connectivity index (χ0) is 26.0. The van der Waals surface area contributed by atoms with Crippen molar-refractivity contribution >= 4 is 23.4 Å². The van der Waals surface area contributed by atoms with Crippen molar-refractivity contribution in [3.63, 3.8) is 0 Å². The molecule has 1 aliphatic heterocycles. The van der Waals surface area contributed by atoms with Gasteiger partial charge in [0.1, 0.15) is 11.5 Å². The lowest BCUT2D eigenvalue weighted by Gasteiger charge is -2.37. The summed E-state index contributed by atoms with van der Waals surface area (Å²) in [5.74, 6) is 0.130. The monoisotopic (exact) mass is 509 g/mol. The van der Waals surface area contributed by atoms with Crippen LogP contribution in [0.4, 0.5) is 0 Å². The van der Waals surface area contributed by atoms with Crippen LogP contribution in [-0.4, -0.2) is 32.1 Å². The molecule has 1 heterocycles. The molecule has 0 aromatic heterocycles. The Morgan fingerprint density at radius 1 is 1.11 bits per heavy atom. The Kier molecular flexibility index (Phi) is 7.74. The maximum Gasteiger partial charge on any atom is 0.337 e. The second-order valence-electron chi connectivity index (χ2n) is 9.30. The Balaban J connectivity index is 1.83. The number of dihydropyridines is 1. The van der Waals surface area contributed by atoms with Crippen LogP contribution in [0.2, 0.25) is 5.02 Å². The minimum absolute atomic E-state index is 0.00656. The molecule has 2 aliphatic rings. The number of Topliss-reactive ketones (excluding diaryl/α,β-unsaturated/α-hetero) is 1. The van der Waals surface area contributed by atoms with Crippen LogP contribution in [0.25, 0.3) is 0 Å². The van der Waals surface area contributed by atoms with E-state index in [0.29, 0.717) is 52.6 Å². The number of hydrogen-bond donors (Lipinski definition) is 1. The first-order valence-corrected chi connectivity index (χ1v) is 12.6. The molecule has 1 aliphatic carbocycles. The van der Waals surface area contributed by atoms with Gasteiger partial charge in [-0.1, -0.05) is 36.7 Å². The summed E-state index contributed by atoms with van der Waals surface area (Å²) in [6.07, 6.45) is 1.42. The predicted octanol–water partition coefficient (Wildman–Crippen LogP) is 6.06. The molecule has 0 saturated heterocycles. The molecule has 0 fully saturated rings. The molecule has 0 saturated carbocycles. The number of nitrogens with one attached hydrogen (secondary N) is 1. The van der Waals surface area contributed by atoms with E-state index in [0.717, 1.165) is 16.8 Å². The third-order valence-electron chi connectivity index (χ3n) is 7.02. The van der Waals surface area contributed by atoms with Crippen LogP contribution in [0.5, 0.6) is 11.5 Å². The van der Waals surface area contributed by atoms with E-state index in [2.05, 4.69) is 5.32 Å². The lowest BCUT2D eigenvalue weighted by molar-refractivity contribution is -0.144. The van der Waals surface area contributed by atoms with Crippen molar-refractivity contribution in [2.75, 3.05) is 14.2 Å². The Morgan fingerprint density at radius 3 is 2.47 bits per heavy atom. The van der Waals surface area contributed by atoms with Crippen molar-refractivity contribution in [3.05, 3.63) is 81.2 Å². The van der Waals surface area contributed by atoms with Gasteiger partial charge in [-0.05, 0) is 56.4 Å². The van der Waals surface area contributed by atoms with Gasteiger partial charge in [0.15, 0.2) is 5.78 Å². The Hall–Kier alpha value is -3.25. The van der Waals surface area contributed by atoms with E-state index in [-0.39, 0.29) is 17.8 Å². The summed E-state index contributed by atoms with van der Waals surface area (Å²) in [5, 5.41) is 4.05. The van der Waals surface area contributed by atoms with Crippen molar-refractivity contribution in [1.29, 1.82) is 0 Å². The quantitative estimate of drug-likeness (QED) is 0.457. The number of ether oxygens (including phenoxy) is 3. The van der Waals surface area contributed by atoms with E-state index in [4.69, 9.17) is 25.8 Å². The van der Waals surface area contributed by atoms with Gasteiger partial charge in [-0.2, -0.15) is 0 Å². The largest absolute Gasteiger partial charge is 0.497 e. The summed E-state index contributed by atoms with van der Waals surface area (Å²) >= 11 is 6.08. The molecular weight excluding hydrogens is 478 g/mol. The number of allylic oxidation sites excluding steroid dienone is 3. The highest BCUT2D eigenvalue weighted by atomic mass is 35.5. The molecule has 6 nitrogen and oxygen atoms in total. The van der Waals surface area contributed by atoms with E-state index in [9.17, 15) is 9.59 Å². The molecule has 2 aromatic rings. The van der Waals surface area contributed by atoms with Gasteiger partial charge >= 0.3 is 5.97 Å². The Morgan fingerprint density at radius 2 is 1.83 bits per heavy atom. The summed E-state index contributed by atoms with van der Waals surface area (Å²) in [6, 6.07) is 13.1. The van der Waals surface area contributed by atoms with Gasteiger partial charge in [-0.3, -0.25) is 4.79 Å². The second kappa shape index (κ2) is 10.8. The minimum Gasteiger partial charge on any atom is -0.497 e. The zero-order valence-corrected chi connectivity index (χ0v) is 22.1. The number of methoxy groups -OCH3 is 2. The van der Waals surface area contributed by atoms with Gasteiger partial charge in [-0.15, -0.1) is 0 Å². The molecule has 4 rings (SSSR count). The van der Waals surface area contributed by atoms with Gasteiger partial charge < -0.3 is 19.5 Å². The highest BCUT2D eigenvalue weighted by molar-refractivity contribution is 6.30. The number of ketones is 1. The fourth-order valence-corrected chi connectivity index (χ4v) is 5.10. The van der Waals surface area contributed by atoms with Crippen LogP contribution in [0.3, 0.4) is 0 Å². The van der Waals surface area contributed by atoms with Crippen molar-refractivity contribution in [3.8, 4) is 11.5 Å². The molecule has 0 radical (unpaired) electrons. The van der Waals surface area contributed by atoms with Crippen molar-refractivity contribution in [2.24, 2.45) is 0 Å². The number of carbonyl (C=O) groups is 2. The molecule has 36 heavy (non-hydrogen) atoms.